The molecule has 17 heavy (non-hydrogen) atoms. The first-order chi connectivity index (χ1) is 8.11. The van der Waals surface area contributed by atoms with E-state index >= 15 is 0 Å². The number of benzene rings is 1. The van der Waals surface area contributed by atoms with Crippen LogP contribution in [0.25, 0.3) is 0 Å². The monoisotopic (exact) mass is 237 g/mol. The molecule has 1 aromatic rings. The van der Waals surface area contributed by atoms with Crippen molar-refractivity contribution in [3.63, 3.8) is 0 Å². The third kappa shape index (κ3) is 2.65. The maximum absolute atomic E-state index is 10.8. The summed E-state index contributed by atoms with van der Waals surface area (Å²) in [4.78, 5) is 10.3. The van der Waals surface area contributed by atoms with E-state index in [9.17, 15) is 10.1 Å². The maximum atomic E-state index is 10.8. The molecule has 1 aromatic carbocycles. The molecule has 1 aliphatic rings. The van der Waals surface area contributed by atoms with Crippen molar-refractivity contribution in [1.82, 2.24) is 0 Å². The van der Waals surface area contributed by atoms with E-state index in [2.05, 4.69) is 5.32 Å². The quantitative estimate of drug-likeness (QED) is 0.598. The standard InChI is InChI=1S/C11H15N3O3/c1-2-17-11-5-7(13-9-6-8(9)12)3-4-10(11)14(15)16/h3-5,8-9,13H,2,6,12H2,1H3. The Morgan fingerprint density at radius 1 is 1.65 bits per heavy atom. The average molecular weight is 237 g/mol. The maximum Gasteiger partial charge on any atom is 0.311 e. The van der Waals surface area contributed by atoms with Crippen LogP contribution in [0, 0.1) is 10.1 Å². The third-order valence-corrected chi connectivity index (χ3v) is 2.65. The number of rotatable bonds is 5. The number of nitrogens with zero attached hydrogens (tertiary/aromatic N) is 1. The fourth-order valence-corrected chi connectivity index (χ4v) is 1.62. The summed E-state index contributed by atoms with van der Waals surface area (Å²) >= 11 is 0. The highest BCUT2D eigenvalue weighted by atomic mass is 16.6. The highest BCUT2D eigenvalue weighted by molar-refractivity contribution is 5.59. The molecule has 0 spiro atoms. The number of ether oxygens (including phenoxy) is 1. The highest BCUT2D eigenvalue weighted by Gasteiger charge is 2.33. The van der Waals surface area contributed by atoms with E-state index < -0.39 is 4.92 Å². The molecular weight excluding hydrogens is 222 g/mol. The van der Waals surface area contributed by atoms with Gasteiger partial charge in [-0.25, -0.2) is 0 Å². The van der Waals surface area contributed by atoms with Crippen molar-refractivity contribution in [2.24, 2.45) is 5.73 Å². The van der Waals surface area contributed by atoms with Gasteiger partial charge in [0.2, 0.25) is 0 Å². The van der Waals surface area contributed by atoms with Gasteiger partial charge in [-0.1, -0.05) is 0 Å². The predicted octanol–water partition coefficient (Wildman–Crippen LogP) is 1.50. The molecule has 2 atom stereocenters. The predicted molar refractivity (Wildman–Crippen MR) is 64.3 cm³/mol. The summed E-state index contributed by atoms with van der Waals surface area (Å²) in [6, 6.07) is 5.21. The number of nitro groups is 1. The number of nitrogens with two attached hydrogens (primary N) is 1. The van der Waals surface area contributed by atoms with Crippen LogP contribution in [-0.4, -0.2) is 23.6 Å². The van der Waals surface area contributed by atoms with Gasteiger partial charge in [0.1, 0.15) is 0 Å². The summed E-state index contributed by atoms with van der Waals surface area (Å²) in [5, 5.41) is 14.0. The number of hydrogen-bond donors (Lipinski definition) is 2. The summed E-state index contributed by atoms with van der Waals surface area (Å²) in [5.74, 6) is 0.289. The zero-order chi connectivity index (χ0) is 12.4. The van der Waals surface area contributed by atoms with Crippen LogP contribution in [-0.2, 0) is 0 Å². The van der Waals surface area contributed by atoms with Crippen molar-refractivity contribution in [2.75, 3.05) is 11.9 Å². The Balaban J connectivity index is 2.18. The smallest absolute Gasteiger partial charge is 0.311 e. The number of nitro benzene ring substituents is 1. The summed E-state index contributed by atoms with van der Waals surface area (Å²) in [6.45, 7) is 2.19. The molecule has 0 heterocycles. The van der Waals surface area contributed by atoms with Gasteiger partial charge in [0.05, 0.1) is 11.5 Å². The summed E-state index contributed by atoms with van der Waals surface area (Å²) in [5.41, 5.74) is 6.47. The van der Waals surface area contributed by atoms with E-state index in [1.54, 1.807) is 19.1 Å². The molecule has 6 heteroatoms. The first-order valence-electron chi connectivity index (χ1n) is 5.55. The highest BCUT2D eigenvalue weighted by Crippen LogP contribution is 2.32. The van der Waals surface area contributed by atoms with E-state index in [-0.39, 0.29) is 23.5 Å². The van der Waals surface area contributed by atoms with Gasteiger partial charge < -0.3 is 15.8 Å². The SMILES string of the molecule is CCOc1cc(NC2CC2N)ccc1[N+](=O)[O-]. The topological polar surface area (TPSA) is 90.4 Å². The Morgan fingerprint density at radius 2 is 2.35 bits per heavy atom. The van der Waals surface area contributed by atoms with Crippen LogP contribution < -0.4 is 15.8 Å². The Labute approximate surface area is 98.9 Å². The van der Waals surface area contributed by atoms with Crippen molar-refractivity contribution in [3.8, 4) is 5.75 Å². The normalized spacial score (nSPS) is 22.0. The third-order valence-electron chi connectivity index (χ3n) is 2.65. The largest absolute Gasteiger partial charge is 0.487 e. The van der Waals surface area contributed by atoms with E-state index in [1.165, 1.54) is 6.07 Å². The Hall–Kier alpha value is -1.82. The first kappa shape index (κ1) is 11.7. The minimum absolute atomic E-state index is 0.0162. The molecule has 3 N–H and O–H groups in total. The molecule has 2 rings (SSSR count). The lowest BCUT2D eigenvalue weighted by Gasteiger charge is -2.08. The van der Waals surface area contributed by atoms with Crippen LogP contribution in [0.15, 0.2) is 18.2 Å². The molecule has 0 radical (unpaired) electrons. The minimum atomic E-state index is -0.447. The Kier molecular flexibility index (Phi) is 3.14. The van der Waals surface area contributed by atoms with Gasteiger partial charge in [-0.15, -0.1) is 0 Å². The van der Waals surface area contributed by atoms with E-state index in [0.717, 1.165) is 12.1 Å². The van der Waals surface area contributed by atoms with E-state index in [0.29, 0.717) is 6.61 Å². The van der Waals surface area contributed by atoms with Crippen molar-refractivity contribution < 1.29 is 9.66 Å². The second kappa shape index (κ2) is 4.58. The number of hydrogen-bond acceptors (Lipinski definition) is 5. The fraction of sp³-hybridized carbons (Fsp3) is 0.455. The second-order valence-corrected chi connectivity index (χ2v) is 4.02. The summed E-state index contributed by atoms with van der Waals surface area (Å²) < 4.78 is 5.25. The van der Waals surface area contributed by atoms with Gasteiger partial charge in [-0.2, -0.15) is 0 Å². The van der Waals surface area contributed by atoms with Gasteiger partial charge in [0, 0.05) is 29.9 Å². The van der Waals surface area contributed by atoms with Crippen molar-refractivity contribution in [2.45, 2.75) is 25.4 Å². The van der Waals surface area contributed by atoms with Gasteiger partial charge >= 0.3 is 5.69 Å². The van der Waals surface area contributed by atoms with Crippen LogP contribution in [0.5, 0.6) is 5.75 Å². The van der Waals surface area contributed by atoms with Crippen molar-refractivity contribution >= 4 is 11.4 Å². The summed E-state index contributed by atoms with van der Waals surface area (Å²) in [7, 11) is 0. The minimum Gasteiger partial charge on any atom is -0.487 e. The van der Waals surface area contributed by atoms with Crippen LogP contribution in [0.4, 0.5) is 11.4 Å². The zero-order valence-electron chi connectivity index (χ0n) is 9.55. The molecule has 1 aliphatic carbocycles. The molecule has 6 nitrogen and oxygen atoms in total. The Bertz CT molecular complexity index is 436. The first-order valence-corrected chi connectivity index (χ1v) is 5.55. The van der Waals surface area contributed by atoms with E-state index in [1.807, 2.05) is 0 Å². The lowest BCUT2D eigenvalue weighted by atomic mass is 10.2. The molecule has 1 saturated carbocycles. The molecule has 0 bridgehead atoms. The van der Waals surface area contributed by atoms with Gasteiger partial charge in [-0.05, 0) is 19.4 Å². The van der Waals surface area contributed by atoms with Crippen LogP contribution in [0.1, 0.15) is 13.3 Å². The molecule has 2 unspecified atom stereocenters. The van der Waals surface area contributed by atoms with E-state index in [4.69, 9.17) is 10.5 Å². The van der Waals surface area contributed by atoms with Crippen LogP contribution >= 0.6 is 0 Å². The van der Waals surface area contributed by atoms with Crippen molar-refractivity contribution in [1.29, 1.82) is 0 Å². The summed E-state index contributed by atoms with van der Waals surface area (Å²) in [6.07, 6.45) is 0.932. The molecule has 0 amide bonds. The molecule has 0 saturated heterocycles. The van der Waals surface area contributed by atoms with Gasteiger partial charge in [-0.3, -0.25) is 10.1 Å². The number of nitrogens with one attached hydrogen (secondary N) is 1. The number of anilines is 1. The van der Waals surface area contributed by atoms with Crippen LogP contribution in [0.3, 0.4) is 0 Å². The average Bonchev–Trinajstić information content (AvgIpc) is 2.94. The fourth-order valence-electron chi connectivity index (χ4n) is 1.62. The molecule has 0 aliphatic heterocycles. The second-order valence-electron chi connectivity index (χ2n) is 4.02. The van der Waals surface area contributed by atoms with Crippen LogP contribution in [0.2, 0.25) is 0 Å². The van der Waals surface area contributed by atoms with Gasteiger partial charge in [0.15, 0.2) is 5.75 Å². The zero-order valence-corrected chi connectivity index (χ0v) is 9.55. The molecule has 0 aromatic heterocycles. The lowest BCUT2D eigenvalue weighted by molar-refractivity contribution is -0.385. The van der Waals surface area contributed by atoms with Gasteiger partial charge in [0.25, 0.3) is 0 Å². The molecule has 92 valence electrons. The van der Waals surface area contributed by atoms with Crippen molar-refractivity contribution in [3.05, 3.63) is 28.3 Å². The molecular formula is C11H15N3O3. The molecule has 1 fully saturated rings. The Morgan fingerprint density at radius 3 is 2.88 bits per heavy atom. The lowest BCUT2D eigenvalue weighted by Crippen LogP contribution is -2.13.